The predicted octanol–water partition coefficient (Wildman–Crippen LogP) is 1.17. The zero-order chi connectivity index (χ0) is 8.97. The van der Waals surface area contributed by atoms with E-state index in [2.05, 4.69) is 24.0 Å². The summed E-state index contributed by atoms with van der Waals surface area (Å²) in [5, 5.41) is 7.28. The van der Waals surface area contributed by atoms with Gasteiger partial charge in [0, 0.05) is 5.69 Å². The van der Waals surface area contributed by atoms with Crippen LogP contribution in [0.1, 0.15) is 30.3 Å². The average molecular weight is 167 g/mol. The van der Waals surface area contributed by atoms with Crippen molar-refractivity contribution in [3.63, 3.8) is 0 Å². The third-order valence-corrected chi connectivity index (χ3v) is 2.18. The molecule has 0 radical (unpaired) electrons. The largest absolute Gasteiger partial charge is 0.330 e. The van der Waals surface area contributed by atoms with Crippen LogP contribution in [0.15, 0.2) is 0 Å². The highest BCUT2D eigenvalue weighted by Gasteiger charge is 2.05. The van der Waals surface area contributed by atoms with E-state index >= 15 is 0 Å². The smallest absolute Gasteiger partial charge is 0.0651 e. The Bertz CT molecular complexity index is 240. The van der Waals surface area contributed by atoms with E-state index in [1.54, 1.807) is 0 Å². The Hall–Kier alpha value is -0.830. The van der Waals surface area contributed by atoms with Crippen LogP contribution >= 0.6 is 0 Å². The molecule has 1 heterocycles. The number of nitrogens with one attached hydrogen (secondary N) is 1. The van der Waals surface area contributed by atoms with Crippen molar-refractivity contribution in [2.75, 3.05) is 6.54 Å². The van der Waals surface area contributed by atoms with Gasteiger partial charge in [0.05, 0.1) is 5.69 Å². The molecule has 0 atom stereocenters. The molecule has 0 aliphatic heterocycles. The van der Waals surface area contributed by atoms with E-state index in [4.69, 9.17) is 5.73 Å². The van der Waals surface area contributed by atoms with Gasteiger partial charge in [0.15, 0.2) is 0 Å². The number of hydrogen-bond acceptors (Lipinski definition) is 2. The van der Waals surface area contributed by atoms with Crippen molar-refractivity contribution in [3.05, 3.63) is 17.0 Å². The molecule has 3 heteroatoms. The van der Waals surface area contributed by atoms with Crippen LogP contribution in [0, 0.1) is 6.92 Å². The number of rotatable bonds is 4. The molecule has 3 N–H and O–H groups in total. The molecule has 0 saturated carbocycles. The fourth-order valence-corrected chi connectivity index (χ4v) is 1.34. The number of nitrogens with two attached hydrogens (primary N) is 1. The lowest BCUT2D eigenvalue weighted by molar-refractivity contribution is 0.799. The fourth-order valence-electron chi connectivity index (χ4n) is 1.34. The second-order valence-electron chi connectivity index (χ2n) is 3.02. The maximum absolute atomic E-state index is 5.43. The SMILES string of the molecule is CCc1n[nH]c(CCCN)c1C. The lowest BCUT2D eigenvalue weighted by Crippen LogP contribution is -2.01. The number of hydrogen-bond donors (Lipinski definition) is 2. The molecule has 0 amide bonds. The molecule has 1 aromatic rings. The van der Waals surface area contributed by atoms with Gasteiger partial charge in [-0.05, 0) is 38.3 Å². The van der Waals surface area contributed by atoms with Crippen LogP contribution in [0.5, 0.6) is 0 Å². The van der Waals surface area contributed by atoms with Crippen LogP contribution in [-0.2, 0) is 12.8 Å². The van der Waals surface area contributed by atoms with Crippen LogP contribution in [0.2, 0.25) is 0 Å². The van der Waals surface area contributed by atoms with Crippen molar-refractivity contribution >= 4 is 0 Å². The Labute approximate surface area is 73.4 Å². The van der Waals surface area contributed by atoms with Crippen LogP contribution < -0.4 is 5.73 Å². The minimum absolute atomic E-state index is 0.750. The molecule has 68 valence electrons. The van der Waals surface area contributed by atoms with Gasteiger partial charge in [0.1, 0.15) is 0 Å². The van der Waals surface area contributed by atoms with Gasteiger partial charge in [0.25, 0.3) is 0 Å². The highest BCUT2D eigenvalue weighted by Crippen LogP contribution is 2.11. The van der Waals surface area contributed by atoms with E-state index in [-0.39, 0.29) is 0 Å². The molecule has 12 heavy (non-hydrogen) atoms. The van der Waals surface area contributed by atoms with Gasteiger partial charge in [0.2, 0.25) is 0 Å². The zero-order valence-corrected chi connectivity index (χ0v) is 7.85. The summed E-state index contributed by atoms with van der Waals surface area (Å²) in [4.78, 5) is 0. The van der Waals surface area contributed by atoms with Gasteiger partial charge >= 0.3 is 0 Å². The molecule has 0 aromatic carbocycles. The summed E-state index contributed by atoms with van der Waals surface area (Å²) in [6.45, 7) is 4.99. The summed E-state index contributed by atoms with van der Waals surface area (Å²) < 4.78 is 0. The molecule has 1 aromatic heterocycles. The molecule has 0 bridgehead atoms. The summed E-state index contributed by atoms with van der Waals surface area (Å²) in [5.41, 5.74) is 9.17. The summed E-state index contributed by atoms with van der Waals surface area (Å²) in [5.74, 6) is 0. The number of aromatic nitrogens is 2. The molecule has 0 spiro atoms. The number of nitrogens with zero attached hydrogens (tertiary/aromatic N) is 1. The molecular formula is C9H17N3. The normalized spacial score (nSPS) is 10.6. The van der Waals surface area contributed by atoms with Gasteiger partial charge in [-0.15, -0.1) is 0 Å². The van der Waals surface area contributed by atoms with Crippen LogP contribution in [0.4, 0.5) is 0 Å². The molecule has 1 rings (SSSR count). The van der Waals surface area contributed by atoms with E-state index in [9.17, 15) is 0 Å². The Morgan fingerprint density at radius 3 is 2.75 bits per heavy atom. The summed E-state index contributed by atoms with van der Waals surface area (Å²) in [6, 6.07) is 0. The second-order valence-corrected chi connectivity index (χ2v) is 3.02. The first-order valence-electron chi connectivity index (χ1n) is 4.52. The van der Waals surface area contributed by atoms with Crippen LogP contribution in [-0.4, -0.2) is 16.7 Å². The zero-order valence-electron chi connectivity index (χ0n) is 7.85. The number of aromatic amines is 1. The standard InChI is InChI=1S/C9H17N3/c1-3-8-7(2)9(12-11-8)5-4-6-10/h3-6,10H2,1-2H3,(H,11,12). The highest BCUT2D eigenvalue weighted by atomic mass is 15.1. The first-order chi connectivity index (χ1) is 5.79. The van der Waals surface area contributed by atoms with Crippen molar-refractivity contribution in [1.82, 2.24) is 10.2 Å². The molecule has 0 aliphatic carbocycles. The lowest BCUT2D eigenvalue weighted by Gasteiger charge is -1.96. The highest BCUT2D eigenvalue weighted by molar-refractivity contribution is 5.23. The van der Waals surface area contributed by atoms with E-state index in [1.165, 1.54) is 17.0 Å². The predicted molar refractivity (Wildman–Crippen MR) is 50.1 cm³/mol. The van der Waals surface area contributed by atoms with E-state index in [0.717, 1.165) is 25.8 Å². The Morgan fingerprint density at radius 2 is 2.25 bits per heavy atom. The average Bonchev–Trinajstić information content (AvgIpc) is 2.43. The van der Waals surface area contributed by atoms with Crippen LogP contribution in [0.25, 0.3) is 0 Å². The molecule has 0 aliphatic rings. The minimum Gasteiger partial charge on any atom is -0.330 e. The third kappa shape index (κ3) is 1.85. The summed E-state index contributed by atoms with van der Waals surface area (Å²) in [7, 11) is 0. The third-order valence-electron chi connectivity index (χ3n) is 2.18. The fraction of sp³-hybridized carbons (Fsp3) is 0.667. The summed E-state index contributed by atoms with van der Waals surface area (Å²) >= 11 is 0. The lowest BCUT2D eigenvalue weighted by atomic mass is 10.1. The monoisotopic (exact) mass is 167 g/mol. The first kappa shape index (κ1) is 9.26. The van der Waals surface area contributed by atoms with Gasteiger partial charge in [-0.2, -0.15) is 5.10 Å². The van der Waals surface area contributed by atoms with Gasteiger partial charge in [-0.3, -0.25) is 5.10 Å². The quantitative estimate of drug-likeness (QED) is 0.707. The van der Waals surface area contributed by atoms with Gasteiger partial charge in [-0.25, -0.2) is 0 Å². The summed E-state index contributed by atoms with van der Waals surface area (Å²) in [6.07, 6.45) is 3.06. The Morgan fingerprint density at radius 1 is 1.50 bits per heavy atom. The van der Waals surface area contributed by atoms with E-state index in [0.29, 0.717) is 0 Å². The van der Waals surface area contributed by atoms with E-state index in [1.807, 2.05) is 0 Å². The van der Waals surface area contributed by atoms with Crippen molar-refractivity contribution in [2.45, 2.75) is 33.1 Å². The number of H-pyrrole nitrogens is 1. The Kier molecular flexibility index (Phi) is 3.29. The van der Waals surface area contributed by atoms with Gasteiger partial charge in [-0.1, -0.05) is 6.92 Å². The minimum atomic E-state index is 0.750. The Balaban J connectivity index is 2.66. The molecular weight excluding hydrogens is 150 g/mol. The van der Waals surface area contributed by atoms with Crippen molar-refractivity contribution < 1.29 is 0 Å². The topological polar surface area (TPSA) is 54.7 Å². The maximum atomic E-state index is 5.43. The van der Waals surface area contributed by atoms with Crippen molar-refractivity contribution in [1.29, 1.82) is 0 Å². The number of aryl methyl sites for hydroxylation is 2. The molecule has 0 unspecified atom stereocenters. The molecule has 0 fully saturated rings. The van der Waals surface area contributed by atoms with Crippen LogP contribution in [0.3, 0.4) is 0 Å². The van der Waals surface area contributed by atoms with E-state index < -0.39 is 0 Å². The maximum Gasteiger partial charge on any atom is 0.0651 e. The molecule has 0 saturated heterocycles. The molecule has 3 nitrogen and oxygen atoms in total. The second kappa shape index (κ2) is 4.26. The van der Waals surface area contributed by atoms with Crippen molar-refractivity contribution in [3.8, 4) is 0 Å². The van der Waals surface area contributed by atoms with Crippen molar-refractivity contribution in [2.24, 2.45) is 5.73 Å². The first-order valence-corrected chi connectivity index (χ1v) is 4.52. The van der Waals surface area contributed by atoms with Gasteiger partial charge < -0.3 is 5.73 Å².